The molecule has 0 spiro atoms. The normalized spacial score (nSPS) is 14.7. The van der Waals surface area contributed by atoms with E-state index in [0.29, 0.717) is 28.2 Å². The van der Waals surface area contributed by atoms with Crippen molar-refractivity contribution in [3.8, 4) is 0 Å². The van der Waals surface area contributed by atoms with E-state index in [-0.39, 0.29) is 11.6 Å². The molecule has 0 heterocycles. The zero-order chi connectivity index (χ0) is 14.3. The van der Waals surface area contributed by atoms with Crippen molar-refractivity contribution in [2.75, 3.05) is 5.33 Å². The Morgan fingerprint density at radius 2 is 1.45 bits per heavy atom. The molecule has 0 saturated carbocycles. The summed E-state index contributed by atoms with van der Waals surface area (Å²) in [6.07, 6.45) is 0. The first kappa shape index (κ1) is 13.3. The zero-order valence-electron chi connectivity index (χ0n) is 11.0. The molecule has 1 aliphatic carbocycles. The van der Waals surface area contributed by atoms with Crippen LogP contribution >= 0.6 is 15.9 Å². The summed E-state index contributed by atoms with van der Waals surface area (Å²) in [7, 11) is 0. The molecule has 0 saturated heterocycles. The van der Waals surface area contributed by atoms with Gasteiger partial charge in [-0.1, -0.05) is 59.3 Å². The molecule has 1 aliphatic rings. The van der Waals surface area contributed by atoms with Gasteiger partial charge < -0.3 is 0 Å². The first-order chi connectivity index (χ1) is 9.63. The molecule has 0 radical (unpaired) electrons. The Balaban J connectivity index is 2.18. The first-order valence-corrected chi connectivity index (χ1v) is 7.64. The summed E-state index contributed by atoms with van der Waals surface area (Å²) in [6, 6.07) is 12.6. The summed E-state index contributed by atoms with van der Waals surface area (Å²) in [5.74, 6) is 0.187. The van der Waals surface area contributed by atoms with Gasteiger partial charge in [0, 0.05) is 27.6 Å². The summed E-state index contributed by atoms with van der Waals surface area (Å²) in [5.41, 5.74) is 3.12. The maximum Gasteiger partial charge on any atom is 0.194 e. The third-order valence-electron chi connectivity index (χ3n) is 3.75. The van der Waals surface area contributed by atoms with Crippen molar-refractivity contribution in [2.24, 2.45) is 0 Å². The molecule has 0 bridgehead atoms. The number of fused-ring (bicyclic) bond motifs is 2. The molecule has 3 rings (SSSR count). The van der Waals surface area contributed by atoms with E-state index in [0.717, 1.165) is 10.9 Å². The number of carbonyl (C=O) groups excluding carboxylic acids is 2. The number of ketones is 2. The fraction of sp³-hybridized carbons (Fsp3) is 0.176. The van der Waals surface area contributed by atoms with E-state index in [4.69, 9.17) is 0 Å². The lowest BCUT2D eigenvalue weighted by atomic mass is 9.82. The van der Waals surface area contributed by atoms with Crippen LogP contribution in [-0.4, -0.2) is 16.9 Å². The molecule has 20 heavy (non-hydrogen) atoms. The molecular weight excluding hydrogens is 316 g/mol. The van der Waals surface area contributed by atoms with Crippen LogP contribution in [0.3, 0.4) is 0 Å². The van der Waals surface area contributed by atoms with Crippen molar-refractivity contribution < 1.29 is 9.59 Å². The molecular formula is C17H13BrO2. The van der Waals surface area contributed by atoms with Crippen LogP contribution < -0.4 is 0 Å². The van der Waals surface area contributed by atoms with E-state index in [9.17, 15) is 9.59 Å². The highest BCUT2D eigenvalue weighted by Gasteiger charge is 2.29. The number of benzene rings is 2. The van der Waals surface area contributed by atoms with Gasteiger partial charge in [-0.25, -0.2) is 0 Å². The summed E-state index contributed by atoms with van der Waals surface area (Å²) in [4.78, 5) is 25.0. The van der Waals surface area contributed by atoms with E-state index in [1.165, 1.54) is 0 Å². The summed E-state index contributed by atoms with van der Waals surface area (Å²) in [5, 5.41) is 0.824. The maximum atomic E-state index is 12.6. The second-order valence-electron chi connectivity index (χ2n) is 5.06. The fourth-order valence-electron chi connectivity index (χ4n) is 2.51. The van der Waals surface area contributed by atoms with Crippen molar-refractivity contribution in [3.05, 3.63) is 70.3 Å². The van der Waals surface area contributed by atoms with Gasteiger partial charge in [-0.2, -0.15) is 0 Å². The van der Waals surface area contributed by atoms with Crippen LogP contribution in [0.25, 0.3) is 0 Å². The molecule has 0 aliphatic heterocycles. The predicted octanol–water partition coefficient (Wildman–Crippen LogP) is 3.96. The van der Waals surface area contributed by atoms with Gasteiger partial charge in [-0.3, -0.25) is 9.59 Å². The molecule has 0 amide bonds. The molecule has 100 valence electrons. The number of carbonyl (C=O) groups is 2. The number of hydrogen-bond donors (Lipinski definition) is 0. The number of halogens is 1. The van der Waals surface area contributed by atoms with Crippen molar-refractivity contribution in [2.45, 2.75) is 12.8 Å². The largest absolute Gasteiger partial charge is 0.289 e. The lowest BCUT2D eigenvalue weighted by molar-refractivity contribution is 0.0979. The average Bonchev–Trinajstić information content (AvgIpc) is 2.51. The van der Waals surface area contributed by atoms with Gasteiger partial charge in [0.05, 0.1) is 0 Å². The number of hydrogen-bond acceptors (Lipinski definition) is 2. The second kappa shape index (κ2) is 4.98. The Hall–Kier alpha value is -1.74. The molecule has 1 unspecified atom stereocenters. The van der Waals surface area contributed by atoms with E-state index >= 15 is 0 Å². The lowest BCUT2D eigenvalue weighted by Gasteiger charge is -2.19. The van der Waals surface area contributed by atoms with E-state index in [2.05, 4.69) is 22.9 Å². The molecule has 0 aromatic heterocycles. The SMILES string of the molecule is CC(CBr)c1ccc2c(c1)C(=O)c1ccccc1C2=O. The van der Waals surface area contributed by atoms with E-state index in [1.807, 2.05) is 12.1 Å². The van der Waals surface area contributed by atoms with Crippen LogP contribution in [0, 0.1) is 0 Å². The van der Waals surface area contributed by atoms with Crippen molar-refractivity contribution in [3.63, 3.8) is 0 Å². The minimum atomic E-state index is -0.0618. The lowest BCUT2D eigenvalue weighted by Crippen LogP contribution is -2.21. The smallest absolute Gasteiger partial charge is 0.194 e. The zero-order valence-corrected chi connectivity index (χ0v) is 12.6. The van der Waals surface area contributed by atoms with Crippen molar-refractivity contribution >= 4 is 27.5 Å². The summed E-state index contributed by atoms with van der Waals surface area (Å²) in [6.45, 7) is 2.08. The van der Waals surface area contributed by atoms with Gasteiger partial charge >= 0.3 is 0 Å². The molecule has 2 nitrogen and oxygen atoms in total. The second-order valence-corrected chi connectivity index (χ2v) is 5.71. The van der Waals surface area contributed by atoms with Gasteiger partial charge in [-0.05, 0) is 17.5 Å². The third-order valence-corrected chi connectivity index (χ3v) is 4.72. The predicted molar refractivity (Wildman–Crippen MR) is 82.0 cm³/mol. The summed E-state index contributed by atoms with van der Waals surface area (Å²) < 4.78 is 0. The van der Waals surface area contributed by atoms with Gasteiger partial charge in [0.15, 0.2) is 11.6 Å². The topological polar surface area (TPSA) is 34.1 Å². The van der Waals surface area contributed by atoms with Crippen LogP contribution in [0.4, 0.5) is 0 Å². The Labute approximate surface area is 125 Å². The van der Waals surface area contributed by atoms with E-state index < -0.39 is 0 Å². The molecule has 2 aromatic carbocycles. The fourth-order valence-corrected chi connectivity index (χ4v) is 2.89. The van der Waals surface area contributed by atoms with Crippen LogP contribution in [0.1, 0.15) is 50.2 Å². The van der Waals surface area contributed by atoms with Crippen molar-refractivity contribution in [1.82, 2.24) is 0 Å². The van der Waals surface area contributed by atoms with Gasteiger partial charge in [0.1, 0.15) is 0 Å². The minimum absolute atomic E-state index is 0.0566. The number of rotatable bonds is 2. The van der Waals surface area contributed by atoms with Crippen LogP contribution in [-0.2, 0) is 0 Å². The van der Waals surface area contributed by atoms with E-state index in [1.54, 1.807) is 30.3 Å². The highest BCUT2D eigenvalue weighted by Crippen LogP contribution is 2.29. The Bertz CT molecular complexity index is 719. The molecule has 0 fully saturated rings. The van der Waals surface area contributed by atoms with Gasteiger partial charge in [-0.15, -0.1) is 0 Å². The van der Waals surface area contributed by atoms with Crippen LogP contribution in [0.5, 0.6) is 0 Å². The Morgan fingerprint density at radius 3 is 2.05 bits per heavy atom. The standard InChI is InChI=1S/C17H13BrO2/c1-10(9-18)11-6-7-14-15(8-11)17(20)13-5-3-2-4-12(13)16(14)19/h2-8,10H,9H2,1H3. The highest BCUT2D eigenvalue weighted by atomic mass is 79.9. The van der Waals surface area contributed by atoms with Gasteiger partial charge in [0.25, 0.3) is 0 Å². The quantitative estimate of drug-likeness (QED) is 0.667. The molecule has 2 aromatic rings. The van der Waals surface area contributed by atoms with Crippen LogP contribution in [0.2, 0.25) is 0 Å². The average molecular weight is 329 g/mol. The highest BCUT2D eigenvalue weighted by molar-refractivity contribution is 9.09. The molecule has 1 atom stereocenters. The summed E-state index contributed by atoms with van der Waals surface area (Å²) >= 11 is 3.45. The van der Waals surface area contributed by atoms with Gasteiger partial charge in [0.2, 0.25) is 0 Å². The Kier molecular flexibility index (Phi) is 3.30. The maximum absolute atomic E-state index is 12.6. The Morgan fingerprint density at radius 1 is 0.900 bits per heavy atom. The monoisotopic (exact) mass is 328 g/mol. The van der Waals surface area contributed by atoms with Crippen molar-refractivity contribution in [1.29, 1.82) is 0 Å². The minimum Gasteiger partial charge on any atom is -0.289 e. The molecule has 3 heteroatoms. The first-order valence-electron chi connectivity index (χ1n) is 6.52. The van der Waals surface area contributed by atoms with Crippen LogP contribution in [0.15, 0.2) is 42.5 Å². The molecule has 0 N–H and O–H groups in total. The third kappa shape index (κ3) is 1.93. The number of alkyl halides is 1.